The Hall–Kier alpha value is -3.74. The molecule has 7 heteroatoms. The van der Waals surface area contributed by atoms with E-state index < -0.39 is 0 Å². The zero-order chi connectivity index (χ0) is 22.5. The number of ketones is 1. The van der Waals surface area contributed by atoms with Crippen LogP contribution >= 0.6 is 0 Å². The number of carbonyl (C=O) groups is 2. The number of carbonyl (C=O) groups excluding carboxylic acids is 2. The van der Waals surface area contributed by atoms with E-state index >= 15 is 0 Å². The zero-order valence-corrected chi connectivity index (χ0v) is 18.5. The number of fused-ring (bicyclic) bond motifs is 4. The van der Waals surface area contributed by atoms with Crippen molar-refractivity contribution < 1.29 is 9.59 Å². The highest BCUT2D eigenvalue weighted by atomic mass is 16.2. The lowest BCUT2D eigenvalue weighted by Crippen LogP contribution is -2.40. The Kier molecular flexibility index (Phi) is 4.64. The third-order valence-electron chi connectivity index (χ3n) is 7.01. The highest BCUT2D eigenvalue weighted by Gasteiger charge is 2.35. The summed E-state index contributed by atoms with van der Waals surface area (Å²) in [5.74, 6) is 0.181. The number of nitrogens with zero attached hydrogens (tertiary/aromatic N) is 4. The van der Waals surface area contributed by atoms with E-state index in [2.05, 4.69) is 26.4 Å². The first kappa shape index (κ1) is 19.9. The van der Waals surface area contributed by atoms with Gasteiger partial charge in [0.25, 0.3) is 5.91 Å². The topological polar surface area (TPSA) is 83.9 Å². The van der Waals surface area contributed by atoms with Gasteiger partial charge in [-0.15, -0.1) is 0 Å². The van der Waals surface area contributed by atoms with Crippen LogP contribution in [0.4, 0.5) is 0 Å². The summed E-state index contributed by atoms with van der Waals surface area (Å²) in [6.07, 6.45) is 8.32. The van der Waals surface area contributed by atoms with Crippen LogP contribution in [0.3, 0.4) is 0 Å². The van der Waals surface area contributed by atoms with E-state index in [1.807, 2.05) is 35.2 Å². The van der Waals surface area contributed by atoms with Crippen molar-refractivity contribution in [1.29, 1.82) is 0 Å². The van der Waals surface area contributed by atoms with Gasteiger partial charge >= 0.3 is 0 Å². The molecule has 1 N–H and O–H groups in total. The van der Waals surface area contributed by atoms with E-state index in [-0.39, 0.29) is 17.7 Å². The number of aryl methyl sites for hydroxylation is 2. The molecule has 0 bridgehead atoms. The quantitative estimate of drug-likeness (QED) is 0.521. The van der Waals surface area contributed by atoms with E-state index in [0.717, 1.165) is 64.9 Å². The molecule has 7 nitrogen and oxygen atoms in total. The first-order valence-corrected chi connectivity index (χ1v) is 11.6. The summed E-state index contributed by atoms with van der Waals surface area (Å²) in [7, 11) is 0. The van der Waals surface area contributed by atoms with Gasteiger partial charge in [-0.25, -0.2) is 4.98 Å². The Morgan fingerprint density at radius 3 is 2.94 bits per heavy atom. The van der Waals surface area contributed by atoms with E-state index in [9.17, 15) is 9.59 Å². The Balaban J connectivity index is 1.45. The predicted molar refractivity (Wildman–Crippen MR) is 124 cm³/mol. The van der Waals surface area contributed by atoms with Gasteiger partial charge in [0.1, 0.15) is 6.04 Å². The Labute approximate surface area is 191 Å². The van der Waals surface area contributed by atoms with Gasteiger partial charge in [-0.3, -0.25) is 14.6 Å². The van der Waals surface area contributed by atoms with Crippen molar-refractivity contribution >= 4 is 22.6 Å². The molecule has 4 heterocycles. The van der Waals surface area contributed by atoms with Gasteiger partial charge in [0.05, 0.1) is 17.7 Å². The molecule has 0 saturated heterocycles. The molecule has 1 aromatic carbocycles. The van der Waals surface area contributed by atoms with Gasteiger partial charge in [-0.2, -0.15) is 0 Å². The minimum atomic E-state index is -0.285. The highest BCUT2D eigenvalue weighted by Crippen LogP contribution is 2.36. The summed E-state index contributed by atoms with van der Waals surface area (Å²) >= 11 is 0. The Bertz CT molecular complexity index is 1380. The molecule has 0 spiro atoms. The van der Waals surface area contributed by atoms with Crippen molar-refractivity contribution in [3.8, 4) is 0 Å². The van der Waals surface area contributed by atoms with E-state index in [1.165, 1.54) is 0 Å². The van der Waals surface area contributed by atoms with Crippen molar-refractivity contribution in [1.82, 2.24) is 24.4 Å². The van der Waals surface area contributed by atoms with Gasteiger partial charge in [-0.05, 0) is 55.2 Å². The third kappa shape index (κ3) is 3.03. The van der Waals surface area contributed by atoms with Gasteiger partial charge in [0, 0.05) is 60.5 Å². The van der Waals surface area contributed by atoms with Crippen LogP contribution in [0.1, 0.15) is 69.2 Å². The average Bonchev–Trinajstić information content (AvgIpc) is 3.46. The minimum Gasteiger partial charge on any atom is -0.348 e. The molecule has 1 unspecified atom stereocenters. The number of hydrogen-bond acceptors (Lipinski definition) is 4. The number of nitrogens with one attached hydrogen (secondary N) is 1. The lowest BCUT2D eigenvalue weighted by Gasteiger charge is -2.35. The van der Waals surface area contributed by atoms with Crippen LogP contribution in [0.5, 0.6) is 0 Å². The summed E-state index contributed by atoms with van der Waals surface area (Å²) in [4.78, 5) is 40.5. The molecule has 1 aliphatic carbocycles. The number of pyridine rings is 1. The van der Waals surface area contributed by atoms with Crippen LogP contribution in [-0.2, 0) is 19.4 Å². The number of benzene rings is 1. The van der Waals surface area contributed by atoms with Gasteiger partial charge in [0.15, 0.2) is 5.78 Å². The van der Waals surface area contributed by atoms with Crippen LogP contribution in [0.2, 0.25) is 0 Å². The van der Waals surface area contributed by atoms with Crippen LogP contribution in [-0.4, -0.2) is 42.7 Å². The number of H-pyrrole nitrogens is 1. The first-order chi connectivity index (χ1) is 16.2. The molecule has 0 saturated carbocycles. The fraction of sp³-hybridized carbons (Fsp3) is 0.308. The summed E-state index contributed by atoms with van der Waals surface area (Å²) in [5.41, 5.74) is 6.49. The molecule has 3 aromatic heterocycles. The fourth-order valence-corrected chi connectivity index (χ4v) is 5.54. The van der Waals surface area contributed by atoms with E-state index in [0.29, 0.717) is 18.5 Å². The number of imidazole rings is 1. The maximum Gasteiger partial charge on any atom is 0.254 e. The summed E-state index contributed by atoms with van der Waals surface area (Å²) in [5, 5.41) is 1.03. The maximum absolute atomic E-state index is 13.9. The molecule has 1 aliphatic heterocycles. The Morgan fingerprint density at radius 1 is 1.21 bits per heavy atom. The minimum absolute atomic E-state index is 0.0282. The largest absolute Gasteiger partial charge is 0.348 e. The number of rotatable bonds is 3. The van der Waals surface area contributed by atoms with Gasteiger partial charge in [-0.1, -0.05) is 6.07 Å². The zero-order valence-electron chi connectivity index (χ0n) is 18.5. The molecule has 0 radical (unpaired) electrons. The molecule has 1 atom stereocenters. The first-order valence-electron chi connectivity index (χ1n) is 11.6. The summed E-state index contributed by atoms with van der Waals surface area (Å²) in [6, 6.07) is 9.48. The van der Waals surface area contributed by atoms with Crippen LogP contribution < -0.4 is 0 Å². The highest BCUT2D eigenvalue weighted by molar-refractivity contribution is 6.06. The molecule has 6 rings (SSSR count). The fourth-order valence-electron chi connectivity index (χ4n) is 5.54. The molecule has 0 fully saturated rings. The lowest BCUT2D eigenvalue weighted by molar-refractivity contribution is 0.0690. The third-order valence-corrected chi connectivity index (χ3v) is 7.01. The second kappa shape index (κ2) is 7.69. The summed E-state index contributed by atoms with van der Waals surface area (Å²) < 4.78 is 2.11. The van der Waals surface area contributed by atoms with Crippen molar-refractivity contribution in [3.63, 3.8) is 0 Å². The van der Waals surface area contributed by atoms with Crippen molar-refractivity contribution in [2.75, 3.05) is 6.54 Å². The number of hydrogen-bond donors (Lipinski definition) is 1. The number of Topliss-reactive ketones (excluding diaryl/α,β-unsaturated/α-hetero) is 1. The monoisotopic (exact) mass is 439 g/mol. The number of aromatic nitrogens is 4. The van der Waals surface area contributed by atoms with Crippen molar-refractivity contribution in [2.45, 2.75) is 45.2 Å². The lowest BCUT2D eigenvalue weighted by atomic mass is 9.93. The summed E-state index contributed by atoms with van der Waals surface area (Å²) in [6.45, 7) is 3.40. The smallest absolute Gasteiger partial charge is 0.254 e. The number of amides is 1. The molecule has 33 heavy (non-hydrogen) atoms. The molecule has 4 aromatic rings. The maximum atomic E-state index is 13.9. The van der Waals surface area contributed by atoms with Crippen LogP contribution in [0.15, 0.2) is 49.1 Å². The van der Waals surface area contributed by atoms with Gasteiger partial charge in [0.2, 0.25) is 0 Å². The normalized spacial score (nSPS) is 17.8. The van der Waals surface area contributed by atoms with Crippen LogP contribution in [0.25, 0.3) is 10.9 Å². The van der Waals surface area contributed by atoms with E-state index in [1.54, 1.807) is 18.7 Å². The molecular formula is C26H25N5O2. The van der Waals surface area contributed by atoms with Gasteiger partial charge < -0.3 is 14.5 Å². The predicted octanol–water partition coefficient (Wildman–Crippen LogP) is 4.09. The molecule has 2 aliphatic rings. The second-order valence-electron chi connectivity index (χ2n) is 8.78. The standard InChI is InChI=1S/C26H25N5O2/c1-2-30-21-9-8-16(13-19(21)18-6-3-7-22(32)25(18)30)26(33)31-12-10-20-23(29-15-28-20)24(31)17-5-4-11-27-14-17/h4-5,8-9,11,13-15,24H,2-3,6-7,10,12H2,1H3,(H,28,29). The number of aromatic amines is 1. The molecule has 166 valence electrons. The molecular weight excluding hydrogens is 414 g/mol. The van der Waals surface area contributed by atoms with Crippen molar-refractivity contribution in [3.05, 3.63) is 82.8 Å². The average molecular weight is 440 g/mol. The Morgan fingerprint density at radius 2 is 2.12 bits per heavy atom. The SMILES string of the molecule is CCn1c2c(c3cc(C(=O)N4CCc5[nH]cnc5C4c4cccnc4)ccc31)CCCC2=O. The van der Waals surface area contributed by atoms with Crippen LogP contribution in [0, 0.1) is 0 Å². The second-order valence-corrected chi connectivity index (χ2v) is 8.78. The molecule has 1 amide bonds. The van der Waals surface area contributed by atoms with Crippen molar-refractivity contribution in [2.24, 2.45) is 0 Å². The van der Waals surface area contributed by atoms with E-state index in [4.69, 9.17) is 0 Å².